The molecule has 5 heteroatoms. The van der Waals surface area contributed by atoms with Crippen molar-refractivity contribution < 1.29 is 24.5 Å². The molecule has 2 aliphatic carbocycles. The lowest BCUT2D eigenvalue weighted by molar-refractivity contribution is -0.159. The number of fused-ring (bicyclic) bond motifs is 2. The van der Waals surface area contributed by atoms with Crippen molar-refractivity contribution in [2.75, 3.05) is 7.11 Å². The van der Waals surface area contributed by atoms with E-state index in [0.29, 0.717) is 25.7 Å². The van der Waals surface area contributed by atoms with Gasteiger partial charge in [0, 0.05) is 0 Å². The van der Waals surface area contributed by atoms with Gasteiger partial charge in [0.15, 0.2) is 0 Å². The maximum Gasteiger partial charge on any atom is 0.314 e. The van der Waals surface area contributed by atoms with Crippen LogP contribution in [0.4, 0.5) is 0 Å². The fraction of sp³-hybridized carbons (Fsp3) is 0.444. The third kappa shape index (κ3) is 2.22. The number of hydrogen-bond acceptors (Lipinski definition) is 3. The summed E-state index contributed by atoms with van der Waals surface area (Å²) in [4.78, 5) is 23.5. The molecule has 0 spiro atoms. The number of aryl methyl sites for hydroxylation is 1. The first-order chi connectivity index (χ1) is 10.9. The molecule has 0 aromatic heterocycles. The van der Waals surface area contributed by atoms with Gasteiger partial charge in [-0.15, -0.1) is 0 Å². The van der Waals surface area contributed by atoms with Crippen molar-refractivity contribution in [3.05, 3.63) is 34.9 Å². The highest BCUT2D eigenvalue weighted by Gasteiger charge is 2.52. The summed E-state index contributed by atoms with van der Waals surface area (Å²) in [5.41, 5.74) is 2.64. The third-order valence-corrected chi connectivity index (χ3v) is 5.40. The van der Waals surface area contributed by atoms with Gasteiger partial charge < -0.3 is 14.9 Å². The standard InChI is InChI=1S/C18H20O5/c1-18(17(21)22)14-7-3-10-9-11(23-2)4-5-12(10)13(14)6-8-15(18)16(19)20/h4-5,9,15H,3,6-8H2,1-2H3,(H,19,20)(H,21,22)/t15-,18-/m1/s1. The van der Waals surface area contributed by atoms with Crippen molar-refractivity contribution in [3.63, 3.8) is 0 Å². The minimum atomic E-state index is -1.34. The van der Waals surface area contributed by atoms with Crippen LogP contribution < -0.4 is 4.74 Å². The van der Waals surface area contributed by atoms with Crippen LogP contribution in [-0.2, 0) is 16.0 Å². The number of methoxy groups -OCH3 is 1. The first-order valence-electron chi connectivity index (χ1n) is 7.75. The van der Waals surface area contributed by atoms with Crippen LogP contribution in [0.5, 0.6) is 5.75 Å². The molecule has 0 saturated heterocycles. The molecule has 1 aromatic rings. The minimum absolute atomic E-state index is 0.350. The number of rotatable bonds is 3. The monoisotopic (exact) mass is 316 g/mol. The van der Waals surface area contributed by atoms with Gasteiger partial charge in [0.2, 0.25) is 0 Å². The molecule has 0 aliphatic heterocycles. The van der Waals surface area contributed by atoms with E-state index in [0.717, 1.165) is 28.0 Å². The number of hydrogen-bond donors (Lipinski definition) is 2. The van der Waals surface area contributed by atoms with E-state index in [4.69, 9.17) is 4.74 Å². The molecule has 0 fully saturated rings. The highest BCUT2D eigenvalue weighted by molar-refractivity contribution is 5.91. The van der Waals surface area contributed by atoms with Gasteiger partial charge in [-0.05, 0) is 67.0 Å². The molecule has 5 nitrogen and oxygen atoms in total. The Morgan fingerprint density at radius 3 is 2.57 bits per heavy atom. The highest BCUT2D eigenvalue weighted by Crippen LogP contribution is 2.52. The van der Waals surface area contributed by atoms with E-state index in [9.17, 15) is 19.8 Å². The summed E-state index contributed by atoms with van der Waals surface area (Å²) in [6.45, 7) is 1.57. The predicted molar refractivity (Wildman–Crippen MR) is 84.3 cm³/mol. The van der Waals surface area contributed by atoms with E-state index in [1.54, 1.807) is 14.0 Å². The van der Waals surface area contributed by atoms with Crippen molar-refractivity contribution in [3.8, 4) is 5.75 Å². The largest absolute Gasteiger partial charge is 0.497 e. The molecule has 122 valence electrons. The summed E-state index contributed by atoms with van der Waals surface area (Å²) < 4.78 is 5.26. The van der Waals surface area contributed by atoms with Gasteiger partial charge in [-0.1, -0.05) is 6.07 Å². The van der Waals surface area contributed by atoms with Crippen molar-refractivity contribution in [1.82, 2.24) is 0 Å². The molecule has 3 rings (SSSR count). The molecule has 0 amide bonds. The van der Waals surface area contributed by atoms with E-state index < -0.39 is 23.3 Å². The van der Waals surface area contributed by atoms with E-state index in [1.165, 1.54) is 0 Å². The summed E-state index contributed by atoms with van der Waals surface area (Å²) in [7, 11) is 1.62. The molecule has 1 aromatic carbocycles. The number of allylic oxidation sites excluding steroid dienone is 1. The van der Waals surface area contributed by atoms with E-state index in [2.05, 4.69) is 0 Å². The molecule has 0 unspecified atom stereocenters. The minimum Gasteiger partial charge on any atom is -0.497 e. The number of carboxylic acids is 2. The third-order valence-electron chi connectivity index (χ3n) is 5.40. The molecule has 2 aliphatic rings. The zero-order chi connectivity index (χ0) is 16.8. The molecule has 23 heavy (non-hydrogen) atoms. The average Bonchev–Trinajstić information content (AvgIpc) is 2.53. The molecule has 2 atom stereocenters. The lowest BCUT2D eigenvalue weighted by atomic mass is 9.60. The first-order valence-corrected chi connectivity index (χ1v) is 7.75. The zero-order valence-electron chi connectivity index (χ0n) is 13.3. The van der Waals surface area contributed by atoms with Crippen LogP contribution in [0.15, 0.2) is 23.8 Å². The Hall–Kier alpha value is -2.30. The topological polar surface area (TPSA) is 83.8 Å². The van der Waals surface area contributed by atoms with Crippen LogP contribution in [-0.4, -0.2) is 29.3 Å². The Morgan fingerprint density at radius 1 is 1.22 bits per heavy atom. The van der Waals surface area contributed by atoms with Gasteiger partial charge in [-0.25, -0.2) is 0 Å². The second kappa shape index (κ2) is 5.41. The van der Waals surface area contributed by atoms with E-state index in [-0.39, 0.29) is 0 Å². The number of ether oxygens (including phenoxy) is 1. The van der Waals surface area contributed by atoms with Crippen LogP contribution in [0.2, 0.25) is 0 Å². The summed E-state index contributed by atoms with van der Waals surface area (Å²) in [6.07, 6.45) is 2.25. The summed E-state index contributed by atoms with van der Waals surface area (Å²) in [5.74, 6) is -2.16. The second-order valence-corrected chi connectivity index (χ2v) is 6.42. The van der Waals surface area contributed by atoms with Gasteiger partial charge in [0.1, 0.15) is 5.75 Å². The predicted octanol–water partition coefficient (Wildman–Crippen LogP) is 2.98. The van der Waals surface area contributed by atoms with Crippen molar-refractivity contribution in [2.24, 2.45) is 11.3 Å². The van der Waals surface area contributed by atoms with Crippen LogP contribution in [0.25, 0.3) is 5.57 Å². The Kier molecular flexibility index (Phi) is 3.66. The first kappa shape index (κ1) is 15.6. The Bertz CT molecular complexity index is 718. The number of carbonyl (C=O) groups is 2. The zero-order valence-corrected chi connectivity index (χ0v) is 13.3. The Balaban J connectivity index is 2.16. The molecular formula is C18H20O5. The summed E-state index contributed by atoms with van der Waals surface area (Å²) in [6, 6.07) is 5.82. The van der Waals surface area contributed by atoms with Crippen molar-refractivity contribution in [2.45, 2.75) is 32.6 Å². The smallest absolute Gasteiger partial charge is 0.314 e. The van der Waals surface area contributed by atoms with Crippen LogP contribution >= 0.6 is 0 Å². The Labute approximate surface area is 134 Å². The summed E-state index contributed by atoms with van der Waals surface area (Å²) >= 11 is 0. The number of aliphatic carboxylic acids is 2. The molecule has 2 N–H and O–H groups in total. The van der Waals surface area contributed by atoms with Crippen molar-refractivity contribution in [1.29, 1.82) is 0 Å². The van der Waals surface area contributed by atoms with E-state index in [1.807, 2.05) is 18.2 Å². The molecular weight excluding hydrogens is 296 g/mol. The normalized spacial score (nSPS) is 26.3. The summed E-state index contributed by atoms with van der Waals surface area (Å²) in [5, 5.41) is 19.2. The molecule has 0 heterocycles. The number of benzene rings is 1. The average molecular weight is 316 g/mol. The van der Waals surface area contributed by atoms with Crippen LogP contribution in [0.1, 0.15) is 37.3 Å². The maximum absolute atomic E-state index is 11.9. The van der Waals surface area contributed by atoms with E-state index >= 15 is 0 Å². The van der Waals surface area contributed by atoms with Crippen molar-refractivity contribution >= 4 is 17.5 Å². The quantitative estimate of drug-likeness (QED) is 0.895. The lowest BCUT2D eigenvalue weighted by Gasteiger charge is -2.42. The second-order valence-electron chi connectivity index (χ2n) is 6.42. The van der Waals surface area contributed by atoms with Gasteiger partial charge in [-0.2, -0.15) is 0 Å². The van der Waals surface area contributed by atoms with Gasteiger partial charge in [0.25, 0.3) is 0 Å². The molecule has 0 radical (unpaired) electrons. The maximum atomic E-state index is 11.9. The highest BCUT2D eigenvalue weighted by atomic mass is 16.5. The molecule has 0 bridgehead atoms. The molecule has 0 saturated carbocycles. The van der Waals surface area contributed by atoms with Crippen LogP contribution in [0, 0.1) is 11.3 Å². The fourth-order valence-corrected chi connectivity index (χ4v) is 4.07. The lowest BCUT2D eigenvalue weighted by Crippen LogP contribution is -2.45. The van der Waals surface area contributed by atoms with Gasteiger partial charge in [0.05, 0.1) is 18.4 Å². The van der Waals surface area contributed by atoms with Gasteiger partial charge >= 0.3 is 11.9 Å². The van der Waals surface area contributed by atoms with Crippen LogP contribution in [0.3, 0.4) is 0 Å². The fourth-order valence-electron chi connectivity index (χ4n) is 4.07. The number of carboxylic acid groups (broad SMARTS) is 2. The van der Waals surface area contributed by atoms with Gasteiger partial charge in [-0.3, -0.25) is 9.59 Å². The Morgan fingerprint density at radius 2 is 1.96 bits per heavy atom. The SMILES string of the molecule is COc1ccc2c(c1)CCC1=C2CC[C@H](C(=O)O)[C@]1(C)C(=O)O.